The molecule has 2 atom stereocenters. The first-order valence-corrected chi connectivity index (χ1v) is 3.97. The molecule has 0 aliphatic carbocycles. The first-order chi connectivity index (χ1) is 5.29. The molecule has 1 N–H and O–H groups in total. The van der Waals surface area contributed by atoms with Crippen LogP contribution in [0.4, 0.5) is 0 Å². The van der Waals surface area contributed by atoms with Gasteiger partial charge in [0.25, 0.3) is 0 Å². The number of amides is 1. The Morgan fingerprint density at radius 3 is 3.00 bits per heavy atom. The molecular weight excluding hydrogens is 140 g/mol. The second kappa shape index (κ2) is 3.38. The van der Waals surface area contributed by atoms with E-state index < -0.39 is 0 Å². The number of carbonyl (C=O) groups excluding carboxylic acids is 1. The summed E-state index contributed by atoms with van der Waals surface area (Å²) in [6, 6.07) is 2.16. The van der Waals surface area contributed by atoms with Crippen LogP contribution >= 0.6 is 0 Å². The van der Waals surface area contributed by atoms with Crippen molar-refractivity contribution in [1.82, 2.24) is 5.32 Å². The predicted octanol–water partition coefficient (Wildman–Crippen LogP) is 0.672. The summed E-state index contributed by atoms with van der Waals surface area (Å²) in [5.74, 6) is -0.0825. The van der Waals surface area contributed by atoms with Gasteiger partial charge in [0.1, 0.15) is 0 Å². The Hall–Kier alpha value is -1.04. The Balaban J connectivity index is 2.59. The van der Waals surface area contributed by atoms with Crippen molar-refractivity contribution >= 4 is 5.91 Å². The lowest BCUT2D eigenvalue weighted by Gasteiger charge is -2.10. The highest BCUT2D eigenvalue weighted by Crippen LogP contribution is 2.21. The molecule has 1 fully saturated rings. The van der Waals surface area contributed by atoms with Crippen molar-refractivity contribution in [2.24, 2.45) is 11.8 Å². The van der Waals surface area contributed by atoms with Gasteiger partial charge in [0.05, 0.1) is 17.9 Å². The quantitative estimate of drug-likeness (QED) is 0.632. The highest BCUT2D eigenvalue weighted by molar-refractivity contribution is 5.81. The molecule has 0 spiro atoms. The molecule has 1 rings (SSSR count). The van der Waals surface area contributed by atoms with Gasteiger partial charge in [-0.05, 0) is 12.8 Å². The van der Waals surface area contributed by atoms with Gasteiger partial charge in [-0.25, -0.2) is 0 Å². The summed E-state index contributed by atoms with van der Waals surface area (Å²) in [4.78, 5) is 11.1. The lowest BCUT2D eigenvalue weighted by molar-refractivity contribution is -0.123. The largest absolute Gasteiger partial charge is 0.356 e. The van der Waals surface area contributed by atoms with Crippen LogP contribution in [0.1, 0.15) is 19.8 Å². The number of carbonyl (C=O) groups is 1. The molecule has 1 aliphatic heterocycles. The first-order valence-electron chi connectivity index (χ1n) is 3.97. The van der Waals surface area contributed by atoms with Gasteiger partial charge in [0, 0.05) is 6.54 Å². The summed E-state index contributed by atoms with van der Waals surface area (Å²) >= 11 is 0. The van der Waals surface area contributed by atoms with Crippen molar-refractivity contribution in [3.63, 3.8) is 0 Å². The molecule has 3 heteroatoms. The van der Waals surface area contributed by atoms with Crippen LogP contribution in [0.3, 0.4) is 0 Å². The topological polar surface area (TPSA) is 52.9 Å². The molecule has 11 heavy (non-hydrogen) atoms. The Morgan fingerprint density at radius 2 is 2.64 bits per heavy atom. The van der Waals surface area contributed by atoms with Crippen LogP contribution < -0.4 is 5.32 Å². The number of nitriles is 1. The van der Waals surface area contributed by atoms with Crippen LogP contribution in [0.2, 0.25) is 0 Å². The number of nitrogens with one attached hydrogen (secondary N) is 1. The Kier molecular flexibility index (Phi) is 2.48. The van der Waals surface area contributed by atoms with Gasteiger partial charge < -0.3 is 5.32 Å². The minimum absolute atomic E-state index is 0.0509. The average molecular weight is 152 g/mol. The lowest BCUT2D eigenvalue weighted by Crippen LogP contribution is -2.23. The maximum Gasteiger partial charge on any atom is 0.224 e. The van der Waals surface area contributed by atoms with Crippen LogP contribution in [-0.4, -0.2) is 12.5 Å². The van der Waals surface area contributed by atoms with E-state index in [1.165, 1.54) is 0 Å². The van der Waals surface area contributed by atoms with E-state index in [0.29, 0.717) is 0 Å². The third-order valence-electron chi connectivity index (χ3n) is 2.18. The molecular formula is C8H12N2O. The Bertz CT molecular complexity index is 195. The maximum absolute atomic E-state index is 11.1. The molecule has 2 unspecified atom stereocenters. The van der Waals surface area contributed by atoms with Crippen molar-refractivity contribution in [2.75, 3.05) is 6.54 Å². The van der Waals surface area contributed by atoms with Crippen LogP contribution in [-0.2, 0) is 4.79 Å². The standard InChI is InChI=1S/C8H12N2O/c1-2-6(5-9)7-3-4-10-8(7)11/h6-7H,2-4H2,1H3,(H,10,11). The molecule has 1 heterocycles. The van der Waals surface area contributed by atoms with E-state index in [1.807, 2.05) is 6.92 Å². The smallest absolute Gasteiger partial charge is 0.224 e. The van der Waals surface area contributed by atoms with E-state index in [9.17, 15) is 4.79 Å². The summed E-state index contributed by atoms with van der Waals surface area (Å²) in [5.41, 5.74) is 0. The Morgan fingerprint density at radius 1 is 1.91 bits per heavy atom. The predicted molar refractivity (Wildman–Crippen MR) is 40.5 cm³/mol. The number of hydrogen-bond acceptors (Lipinski definition) is 2. The number of nitrogens with zero attached hydrogens (tertiary/aromatic N) is 1. The van der Waals surface area contributed by atoms with Gasteiger partial charge in [-0.3, -0.25) is 4.79 Å². The molecule has 0 aromatic heterocycles. The van der Waals surface area contributed by atoms with Crippen molar-refractivity contribution < 1.29 is 4.79 Å². The summed E-state index contributed by atoms with van der Waals surface area (Å²) < 4.78 is 0. The monoisotopic (exact) mass is 152 g/mol. The van der Waals surface area contributed by atoms with Gasteiger partial charge >= 0.3 is 0 Å². The van der Waals surface area contributed by atoms with E-state index >= 15 is 0 Å². The lowest BCUT2D eigenvalue weighted by atomic mass is 9.90. The highest BCUT2D eigenvalue weighted by atomic mass is 16.2. The minimum atomic E-state index is -0.0856. The van der Waals surface area contributed by atoms with Crippen molar-refractivity contribution in [2.45, 2.75) is 19.8 Å². The van der Waals surface area contributed by atoms with E-state index in [-0.39, 0.29) is 17.7 Å². The highest BCUT2D eigenvalue weighted by Gasteiger charge is 2.30. The summed E-state index contributed by atoms with van der Waals surface area (Å²) in [6.45, 7) is 2.68. The minimum Gasteiger partial charge on any atom is -0.356 e. The SMILES string of the molecule is CCC(C#N)C1CCNC1=O. The van der Waals surface area contributed by atoms with Gasteiger partial charge in [-0.1, -0.05) is 6.92 Å². The van der Waals surface area contributed by atoms with E-state index in [1.54, 1.807) is 0 Å². The first kappa shape index (κ1) is 8.06. The van der Waals surface area contributed by atoms with Crippen molar-refractivity contribution in [1.29, 1.82) is 5.26 Å². The normalized spacial score (nSPS) is 25.8. The van der Waals surface area contributed by atoms with Crippen LogP contribution in [0.5, 0.6) is 0 Å². The van der Waals surface area contributed by atoms with Crippen LogP contribution in [0, 0.1) is 23.2 Å². The van der Waals surface area contributed by atoms with Gasteiger partial charge in [0.15, 0.2) is 0 Å². The molecule has 0 bridgehead atoms. The maximum atomic E-state index is 11.1. The molecule has 60 valence electrons. The van der Waals surface area contributed by atoms with Crippen molar-refractivity contribution in [3.05, 3.63) is 0 Å². The second-order valence-corrected chi connectivity index (χ2v) is 2.83. The van der Waals surface area contributed by atoms with E-state index in [0.717, 1.165) is 19.4 Å². The van der Waals surface area contributed by atoms with E-state index in [4.69, 9.17) is 5.26 Å². The Labute approximate surface area is 66.4 Å². The molecule has 0 aromatic rings. The zero-order chi connectivity index (χ0) is 8.27. The average Bonchev–Trinajstić information content (AvgIpc) is 2.40. The molecule has 1 aliphatic rings. The third kappa shape index (κ3) is 1.51. The molecule has 0 aromatic carbocycles. The molecule has 1 saturated heterocycles. The fraction of sp³-hybridized carbons (Fsp3) is 0.750. The van der Waals surface area contributed by atoms with Crippen molar-refractivity contribution in [3.8, 4) is 6.07 Å². The summed E-state index contributed by atoms with van der Waals surface area (Å²) in [7, 11) is 0. The fourth-order valence-electron chi connectivity index (χ4n) is 1.46. The molecule has 0 saturated carbocycles. The molecule has 3 nitrogen and oxygen atoms in total. The van der Waals surface area contributed by atoms with Crippen LogP contribution in [0.25, 0.3) is 0 Å². The number of rotatable bonds is 2. The zero-order valence-corrected chi connectivity index (χ0v) is 6.63. The third-order valence-corrected chi connectivity index (χ3v) is 2.18. The van der Waals surface area contributed by atoms with Crippen LogP contribution in [0.15, 0.2) is 0 Å². The van der Waals surface area contributed by atoms with Gasteiger partial charge in [0.2, 0.25) is 5.91 Å². The molecule has 1 amide bonds. The zero-order valence-electron chi connectivity index (χ0n) is 6.63. The molecule has 0 radical (unpaired) electrons. The summed E-state index contributed by atoms with van der Waals surface area (Å²) in [6.07, 6.45) is 1.60. The van der Waals surface area contributed by atoms with E-state index in [2.05, 4.69) is 11.4 Å². The second-order valence-electron chi connectivity index (χ2n) is 2.83. The number of hydrogen-bond donors (Lipinski definition) is 1. The van der Waals surface area contributed by atoms with Gasteiger partial charge in [-0.15, -0.1) is 0 Å². The van der Waals surface area contributed by atoms with Gasteiger partial charge in [-0.2, -0.15) is 5.26 Å². The summed E-state index contributed by atoms with van der Waals surface area (Å²) in [5, 5.41) is 11.4. The fourth-order valence-corrected chi connectivity index (χ4v) is 1.46.